The Labute approximate surface area is 86.7 Å². The van der Waals surface area contributed by atoms with Gasteiger partial charge in [-0.05, 0) is 12.1 Å². The second-order valence-corrected chi connectivity index (χ2v) is 2.84. The number of halogens is 1. The first kappa shape index (κ1) is 10.0. The van der Waals surface area contributed by atoms with Crippen molar-refractivity contribution < 1.29 is 13.7 Å². The number of hydrogen-bond donors (Lipinski definition) is 1. The molecule has 1 aromatic carbocycles. The van der Waals surface area contributed by atoms with Crippen LogP contribution in [0.15, 0.2) is 27.4 Å². The lowest BCUT2D eigenvalue weighted by Gasteiger charge is -1.97. The third-order valence-electron chi connectivity index (χ3n) is 1.82. The summed E-state index contributed by atoms with van der Waals surface area (Å²) < 4.78 is 17.4. The van der Waals surface area contributed by atoms with Crippen LogP contribution in [0.25, 0.3) is 11.5 Å². The maximum Gasteiger partial charge on any atom is 0.434 e. The Hall–Kier alpha value is -2.51. The number of nitrogens with zero attached hydrogens (tertiary/aromatic N) is 2. The first-order valence-electron chi connectivity index (χ1n) is 4.08. The summed E-state index contributed by atoms with van der Waals surface area (Å²) in [5.74, 6) is -1.85. The number of aromatic amines is 1. The van der Waals surface area contributed by atoms with Crippen LogP contribution in [0.5, 0.6) is 0 Å². The van der Waals surface area contributed by atoms with Crippen LogP contribution in [0.3, 0.4) is 0 Å². The van der Waals surface area contributed by atoms with Crippen LogP contribution in [-0.2, 0) is 0 Å². The fraction of sp³-hybridized carbons (Fsp3) is 0. The summed E-state index contributed by atoms with van der Waals surface area (Å²) in [4.78, 5) is 20.5. The van der Waals surface area contributed by atoms with E-state index in [4.69, 9.17) is 0 Å². The minimum Gasteiger partial charge on any atom is -0.387 e. The van der Waals surface area contributed by atoms with Crippen molar-refractivity contribution in [2.45, 2.75) is 0 Å². The van der Waals surface area contributed by atoms with Crippen LogP contribution in [0.2, 0.25) is 0 Å². The molecule has 82 valence electrons. The highest BCUT2D eigenvalue weighted by Gasteiger charge is 2.20. The van der Waals surface area contributed by atoms with E-state index in [1.165, 1.54) is 0 Å². The molecular weight excluding hydrogens is 221 g/mol. The van der Waals surface area contributed by atoms with Crippen molar-refractivity contribution in [3.05, 3.63) is 44.7 Å². The van der Waals surface area contributed by atoms with Gasteiger partial charge in [0.25, 0.3) is 11.6 Å². The molecule has 0 atom stereocenters. The normalized spacial score (nSPS) is 10.3. The molecule has 0 aliphatic carbocycles. The largest absolute Gasteiger partial charge is 0.434 e. The first-order chi connectivity index (χ1) is 7.58. The lowest BCUT2D eigenvalue weighted by molar-refractivity contribution is -0.384. The van der Waals surface area contributed by atoms with Gasteiger partial charge >= 0.3 is 5.76 Å². The van der Waals surface area contributed by atoms with Crippen molar-refractivity contribution in [1.82, 2.24) is 10.2 Å². The van der Waals surface area contributed by atoms with Crippen molar-refractivity contribution >= 4 is 5.69 Å². The van der Waals surface area contributed by atoms with Gasteiger partial charge in [-0.15, -0.1) is 5.10 Å². The lowest BCUT2D eigenvalue weighted by atomic mass is 10.2. The fourth-order valence-corrected chi connectivity index (χ4v) is 1.18. The van der Waals surface area contributed by atoms with Gasteiger partial charge in [-0.1, -0.05) is 0 Å². The molecular formula is C8H4FN3O4. The lowest BCUT2D eigenvalue weighted by Crippen LogP contribution is -1.94. The van der Waals surface area contributed by atoms with Gasteiger partial charge in [0, 0.05) is 0 Å². The molecule has 0 unspecified atom stereocenters. The van der Waals surface area contributed by atoms with Crippen molar-refractivity contribution in [2.24, 2.45) is 0 Å². The molecule has 2 rings (SSSR count). The molecule has 0 spiro atoms. The molecule has 1 heterocycles. The zero-order chi connectivity index (χ0) is 11.7. The zero-order valence-electron chi connectivity index (χ0n) is 7.64. The van der Waals surface area contributed by atoms with Gasteiger partial charge in [-0.25, -0.2) is 14.3 Å². The van der Waals surface area contributed by atoms with Crippen molar-refractivity contribution in [2.75, 3.05) is 0 Å². The zero-order valence-corrected chi connectivity index (χ0v) is 7.64. The molecule has 0 fully saturated rings. The van der Waals surface area contributed by atoms with Crippen LogP contribution in [0, 0.1) is 15.9 Å². The number of nitro groups is 1. The molecule has 0 aliphatic rings. The van der Waals surface area contributed by atoms with E-state index < -0.39 is 22.2 Å². The van der Waals surface area contributed by atoms with Crippen molar-refractivity contribution in [3.8, 4) is 11.5 Å². The Morgan fingerprint density at radius 1 is 1.50 bits per heavy atom. The van der Waals surface area contributed by atoms with E-state index in [2.05, 4.69) is 9.52 Å². The molecule has 0 radical (unpaired) electrons. The van der Waals surface area contributed by atoms with E-state index in [0.29, 0.717) is 0 Å². The average molecular weight is 225 g/mol. The molecule has 0 bridgehead atoms. The van der Waals surface area contributed by atoms with Gasteiger partial charge in [0.2, 0.25) is 0 Å². The quantitative estimate of drug-likeness (QED) is 0.608. The van der Waals surface area contributed by atoms with Gasteiger partial charge in [-0.2, -0.15) is 0 Å². The molecule has 7 nitrogen and oxygen atoms in total. The van der Waals surface area contributed by atoms with Crippen LogP contribution in [-0.4, -0.2) is 15.1 Å². The Morgan fingerprint density at radius 2 is 2.25 bits per heavy atom. The maximum atomic E-state index is 12.8. The summed E-state index contributed by atoms with van der Waals surface area (Å²) in [6.45, 7) is 0. The molecule has 0 saturated carbocycles. The third-order valence-corrected chi connectivity index (χ3v) is 1.82. The first-order valence-corrected chi connectivity index (χ1v) is 4.08. The Morgan fingerprint density at radius 3 is 2.81 bits per heavy atom. The SMILES string of the molecule is O=c1[nH]nc(-c2ccc(F)cc2[N+](=O)[O-])o1. The summed E-state index contributed by atoms with van der Waals surface area (Å²) in [5.41, 5.74) is -0.583. The predicted molar refractivity (Wildman–Crippen MR) is 49.2 cm³/mol. The minimum atomic E-state index is -0.839. The second-order valence-electron chi connectivity index (χ2n) is 2.84. The Kier molecular flexibility index (Phi) is 2.24. The highest BCUT2D eigenvalue weighted by Crippen LogP contribution is 2.27. The van der Waals surface area contributed by atoms with Crippen molar-refractivity contribution in [3.63, 3.8) is 0 Å². The molecule has 0 aliphatic heterocycles. The highest BCUT2D eigenvalue weighted by molar-refractivity contribution is 5.66. The van der Waals surface area contributed by atoms with E-state index in [1.807, 2.05) is 5.10 Å². The van der Waals surface area contributed by atoms with E-state index in [-0.39, 0.29) is 11.5 Å². The van der Waals surface area contributed by atoms with Gasteiger partial charge in [-0.3, -0.25) is 10.1 Å². The van der Waals surface area contributed by atoms with Gasteiger partial charge in [0.05, 0.1) is 11.0 Å². The van der Waals surface area contributed by atoms with Crippen molar-refractivity contribution in [1.29, 1.82) is 0 Å². The molecule has 2 aromatic rings. The fourth-order valence-electron chi connectivity index (χ4n) is 1.18. The number of rotatable bonds is 2. The van der Waals surface area contributed by atoms with Gasteiger partial charge < -0.3 is 4.42 Å². The van der Waals surface area contributed by atoms with Crippen LogP contribution in [0.1, 0.15) is 0 Å². The molecule has 1 aromatic heterocycles. The molecule has 0 saturated heterocycles. The molecule has 1 N–H and O–H groups in total. The van der Waals surface area contributed by atoms with Gasteiger partial charge in [0.1, 0.15) is 11.4 Å². The smallest absolute Gasteiger partial charge is 0.387 e. The second kappa shape index (κ2) is 3.57. The van der Waals surface area contributed by atoms with E-state index >= 15 is 0 Å². The summed E-state index contributed by atoms with van der Waals surface area (Å²) >= 11 is 0. The topological polar surface area (TPSA) is 102 Å². The Bertz CT molecular complexity index is 603. The third kappa shape index (κ3) is 1.67. The Balaban J connectivity index is 2.64. The number of nitro benzene ring substituents is 1. The summed E-state index contributed by atoms with van der Waals surface area (Å²) in [6.07, 6.45) is 0. The maximum absolute atomic E-state index is 12.8. The predicted octanol–water partition coefficient (Wildman–Crippen LogP) is 1.08. The average Bonchev–Trinajstić information content (AvgIpc) is 2.64. The summed E-state index contributed by atoms with van der Waals surface area (Å²) in [7, 11) is 0. The van der Waals surface area contributed by atoms with E-state index in [1.54, 1.807) is 0 Å². The number of H-pyrrole nitrogens is 1. The molecule has 8 heteroatoms. The standard InChI is InChI=1S/C8H4FN3O4/c9-4-1-2-5(6(3-4)12(14)15)7-10-11-8(13)16-7/h1-3H,(H,11,13). The number of aromatic nitrogens is 2. The van der Waals surface area contributed by atoms with E-state index in [9.17, 15) is 19.3 Å². The van der Waals surface area contributed by atoms with Crippen LogP contribution in [0.4, 0.5) is 10.1 Å². The van der Waals surface area contributed by atoms with E-state index in [0.717, 1.165) is 18.2 Å². The van der Waals surface area contributed by atoms with Gasteiger partial charge in [0.15, 0.2) is 0 Å². The monoisotopic (exact) mass is 225 g/mol. The van der Waals surface area contributed by atoms with Crippen LogP contribution >= 0.6 is 0 Å². The highest BCUT2D eigenvalue weighted by atomic mass is 19.1. The minimum absolute atomic E-state index is 0.0650. The number of nitrogens with one attached hydrogen (secondary N) is 1. The summed E-state index contributed by atoms with van der Waals surface area (Å²) in [6, 6.07) is 2.85. The molecule has 0 amide bonds. The summed E-state index contributed by atoms with van der Waals surface area (Å²) in [5, 5.41) is 16.0. The number of benzene rings is 1. The molecule has 16 heavy (non-hydrogen) atoms. The van der Waals surface area contributed by atoms with Crippen LogP contribution < -0.4 is 5.76 Å². The number of hydrogen-bond acceptors (Lipinski definition) is 5.